The lowest BCUT2D eigenvalue weighted by Crippen LogP contribution is -2.40. The van der Waals surface area contributed by atoms with Gasteiger partial charge in [-0.2, -0.15) is 4.31 Å². The van der Waals surface area contributed by atoms with Crippen molar-refractivity contribution < 1.29 is 22.7 Å². The van der Waals surface area contributed by atoms with Gasteiger partial charge in [0.05, 0.1) is 23.8 Å². The lowest BCUT2D eigenvalue weighted by molar-refractivity contribution is -0.115. The van der Waals surface area contributed by atoms with Gasteiger partial charge in [-0.3, -0.25) is 9.59 Å². The number of ether oxygens (including phenoxy) is 1. The first-order valence-corrected chi connectivity index (χ1v) is 12.3. The van der Waals surface area contributed by atoms with Gasteiger partial charge in [-0.15, -0.1) is 11.8 Å². The number of anilines is 2. The predicted octanol–water partition coefficient (Wildman–Crippen LogP) is 2.70. The SMILES string of the molecule is Cc1ccc(NC(=O)c2ccc3c(c2)NC(=O)CCS3)cc1S(=O)(=O)N1CCOCC1. The van der Waals surface area contributed by atoms with Crippen molar-refractivity contribution in [3.63, 3.8) is 0 Å². The maximum atomic E-state index is 13.1. The van der Waals surface area contributed by atoms with Crippen LogP contribution in [0.3, 0.4) is 0 Å². The zero-order valence-electron chi connectivity index (χ0n) is 17.0. The highest BCUT2D eigenvalue weighted by molar-refractivity contribution is 7.99. The van der Waals surface area contributed by atoms with Crippen LogP contribution < -0.4 is 10.6 Å². The van der Waals surface area contributed by atoms with Crippen molar-refractivity contribution in [2.75, 3.05) is 42.7 Å². The first-order valence-electron chi connectivity index (χ1n) is 9.91. The van der Waals surface area contributed by atoms with E-state index in [0.717, 1.165) is 4.90 Å². The highest BCUT2D eigenvalue weighted by atomic mass is 32.2. The number of carbonyl (C=O) groups excluding carboxylic acids is 2. The van der Waals surface area contributed by atoms with Crippen LogP contribution in [0.15, 0.2) is 46.2 Å². The molecule has 31 heavy (non-hydrogen) atoms. The number of sulfonamides is 1. The van der Waals surface area contributed by atoms with Gasteiger partial charge in [0, 0.05) is 41.4 Å². The number of benzene rings is 2. The Balaban J connectivity index is 1.57. The molecule has 2 amide bonds. The van der Waals surface area contributed by atoms with Crippen molar-refractivity contribution in [2.24, 2.45) is 0 Å². The third-order valence-corrected chi connectivity index (χ3v) is 8.25. The first kappa shape index (κ1) is 21.8. The van der Waals surface area contributed by atoms with Crippen LogP contribution in [0.2, 0.25) is 0 Å². The van der Waals surface area contributed by atoms with E-state index in [1.807, 2.05) is 6.07 Å². The molecule has 2 aromatic carbocycles. The molecule has 0 bridgehead atoms. The van der Waals surface area contributed by atoms with Crippen molar-refractivity contribution >= 4 is 45.0 Å². The number of nitrogens with one attached hydrogen (secondary N) is 2. The second-order valence-electron chi connectivity index (χ2n) is 7.31. The van der Waals surface area contributed by atoms with Crippen LogP contribution in [0.1, 0.15) is 22.3 Å². The Morgan fingerprint density at radius 1 is 1.16 bits per heavy atom. The molecule has 0 unspecified atom stereocenters. The van der Waals surface area contributed by atoms with E-state index < -0.39 is 10.0 Å². The molecule has 2 aliphatic heterocycles. The van der Waals surface area contributed by atoms with Gasteiger partial charge in [0.1, 0.15) is 0 Å². The van der Waals surface area contributed by atoms with Crippen molar-refractivity contribution in [2.45, 2.75) is 23.1 Å². The van der Waals surface area contributed by atoms with E-state index in [4.69, 9.17) is 4.74 Å². The zero-order chi connectivity index (χ0) is 22.0. The molecule has 8 nitrogen and oxygen atoms in total. The van der Waals surface area contributed by atoms with Crippen LogP contribution in [-0.4, -0.2) is 56.6 Å². The number of rotatable bonds is 4. The van der Waals surface area contributed by atoms with E-state index in [9.17, 15) is 18.0 Å². The molecule has 2 aliphatic rings. The Bertz CT molecular complexity index is 1130. The van der Waals surface area contributed by atoms with Crippen molar-refractivity contribution in [1.82, 2.24) is 4.31 Å². The molecule has 0 aromatic heterocycles. The minimum Gasteiger partial charge on any atom is -0.379 e. The Labute approximate surface area is 185 Å². The number of aryl methyl sites for hydroxylation is 1. The number of amides is 2. The van der Waals surface area contributed by atoms with Gasteiger partial charge in [0.25, 0.3) is 5.91 Å². The van der Waals surface area contributed by atoms with Gasteiger partial charge in [0.2, 0.25) is 15.9 Å². The Kier molecular flexibility index (Phi) is 6.33. The molecular weight excluding hydrogens is 438 g/mol. The molecule has 2 heterocycles. The monoisotopic (exact) mass is 461 g/mol. The highest BCUT2D eigenvalue weighted by Gasteiger charge is 2.28. The summed E-state index contributed by atoms with van der Waals surface area (Å²) in [6.07, 6.45) is 0.421. The molecule has 4 rings (SSSR count). The number of morpholine rings is 1. The Morgan fingerprint density at radius 2 is 1.94 bits per heavy atom. The number of hydrogen-bond donors (Lipinski definition) is 2. The summed E-state index contributed by atoms with van der Waals surface area (Å²) in [5.41, 5.74) is 1.98. The second-order valence-corrected chi connectivity index (χ2v) is 10.4. The summed E-state index contributed by atoms with van der Waals surface area (Å²) in [6, 6.07) is 9.98. The van der Waals surface area contributed by atoms with Crippen LogP contribution >= 0.6 is 11.8 Å². The molecule has 0 spiro atoms. The van der Waals surface area contributed by atoms with Crippen molar-refractivity contribution in [3.05, 3.63) is 47.5 Å². The molecule has 0 aliphatic carbocycles. The average Bonchev–Trinajstić information content (AvgIpc) is 2.95. The van der Waals surface area contributed by atoms with Crippen LogP contribution in [-0.2, 0) is 19.6 Å². The average molecular weight is 462 g/mol. The first-order chi connectivity index (χ1) is 14.8. The summed E-state index contributed by atoms with van der Waals surface area (Å²) >= 11 is 1.56. The number of nitrogens with zero attached hydrogens (tertiary/aromatic N) is 1. The fourth-order valence-corrected chi connectivity index (χ4v) is 6.04. The maximum absolute atomic E-state index is 13.1. The molecule has 0 atom stereocenters. The van der Waals surface area contributed by atoms with Crippen molar-refractivity contribution in [3.8, 4) is 0 Å². The van der Waals surface area contributed by atoms with Gasteiger partial charge in [-0.05, 0) is 42.8 Å². The molecule has 0 radical (unpaired) electrons. The standard InChI is InChI=1S/C21H23N3O5S2/c1-14-2-4-16(13-19(14)31(27,28)24-7-9-29-10-8-24)22-21(26)15-3-5-18-17(12-15)23-20(25)6-11-30-18/h2-5,12-13H,6-11H2,1H3,(H,22,26)(H,23,25). The van der Waals surface area contributed by atoms with E-state index >= 15 is 0 Å². The van der Waals surface area contributed by atoms with Gasteiger partial charge in [0.15, 0.2) is 0 Å². The van der Waals surface area contributed by atoms with E-state index in [1.165, 1.54) is 10.4 Å². The molecule has 10 heteroatoms. The summed E-state index contributed by atoms with van der Waals surface area (Å²) < 4.78 is 32.8. The summed E-state index contributed by atoms with van der Waals surface area (Å²) in [5.74, 6) is 0.221. The van der Waals surface area contributed by atoms with E-state index in [0.29, 0.717) is 61.0 Å². The zero-order valence-corrected chi connectivity index (χ0v) is 18.6. The summed E-state index contributed by atoms with van der Waals surface area (Å²) in [5, 5.41) is 5.59. The fourth-order valence-electron chi connectivity index (χ4n) is 3.45. The smallest absolute Gasteiger partial charge is 0.255 e. The van der Waals surface area contributed by atoms with E-state index in [1.54, 1.807) is 43.0 Å². The minimum atomic E-state index is -3.69. The molecule has 164 valence electrons. The lowest BCUT2D eigenvalue weighted by Gasteiger charge is -2.26. The predicted molar refractivity (Wildman–Crippen MR) is 119 cm³/mol. The van der Waals surface area contributed by atoms with Crippen LogP contribution in [0.5, 0.6) is 0 Å². The van der Waals surface area contributed by atoms with Crippen molar-refractivity contribution in [1.29, 1.82) is 0 Å². The fraction of sp³-hybridized carbons (Fsp3) is 0.333. The largest absolute Gasteiger partial charge is 0.379 e. The third kappa shape index (κ3) is 4.77. The molecule has 2 aromatic rings. The maximum Gasteiger partial charge on any atom is 0.255 e. The van der Waals surface area contributed by atoms with Crippen LogP contribution in [0, 0.1) is 6.92 Å². The van der Waals surface area contributed by atoms with Crippen LogP contribution in [0.4, 0.5) is 11.4 Å². The van der Waals surface area contributed by atoms with Gasteiger partial charge < -0.3 is 15.4 Å². The van der Waals surface area contributed by atoms with Gasteiger partial charge >= 0.3 is 0 Å². The number of hydrogen-bond acceptors (Lipinski definition) is 6. The Morgan fingerprint density at radius 3 is 2.71 bits per heavy atom. The number of fused-ring (bicyclic) bond motifs is 1. The van der Waals surface area contributed by atoms with Gasteiger partial charge in [-0.25, -0.2) is 8.42 Å². The third-order valence-electron chi connectivity index (χ3n) is 5.14. The number of carbonyl (C=O) groups is 2. The van der Waals surface area contributed by atoms with Gasteiger partial charge in [-0.1, -0.05) is 6.07 Å². The molecular formula is C21H23N3O5S2. The molecule has 0 saturated carbocycles. The normalized spacial score (nSPS) is 17.4. The lowest BCUT2D eigenvalue weighted by atomic mass is 10.1. The molecule has 1 fully saturated rings. The molecule has 1 saturated heterocycles. The summed E-state index contributed by atoms with van der Waals surface area (Å²) in [7, 11) is -3.69. The molecule has 2 N–H and O–H groups in total. The second kappa shape index (κ2) is 8.99. The highest BCUT2D eigenvalue weighted by Crippen LogP contribution is 2.32. The van der Waals surface area contributed by atoms with Crippen LogP contribution in [0.25, 0.3) is 0 Å². The van der Waals surface area contributed by atoms with E-state index in [-0.39, 0.29) is 16.7 Å². The number of thioether (sulfide) groups is 1. The van der Waals surface area contributed by atoms with E-state index in [2.05, 4.69) is 10.6 Å². The minimum absolute atomic E-state index is 0.0831. The summed E-state index contributed by atoms with van der Waals surface area (Å²) in [6.45, 7) is 3.06. The summed E-state index contributed by atoms with van der Waals surface area (Å²) in [4.78, 5) is 25.7. The quantitative estimate of drug-likeness (QED) is 0.726. The topological polar surface area (TPSA) is 105 Å². The Hall–Kier alpha value is -2.40.